The second-order valence-electron chi connectivity index (χ2n) is 5.54. The van der Waals surface area contributed by atoms with Crippen molar-refractivity contribution in [3.63, 3.8) is 0 Å². The van der Waals surface area contributed by atoms with Gasteiger partial charge in [0.1, 0.15) is 6.54 Å². The van der Waals surface area contributed by atoms with Crippen LogP contribution in [0.3, 0.4) is 0 Å². The van der Waals surface area contributed by atoms with E-state index in [1.807, 2.05) is 6.92 Å². The molecule has 1 unspecified atom stereocenters. The Kier molecular flexibility index (Phi) is 5.20. The molecule has 1 amide bonds. The highest BCUT2D eigenvalue weighted by atomic mass is 16.6. The quantitative estimate of drug-likeness (QED) is 0.563. The molecule has 0 aromatic carbocycles. The van der Waals surface area contributed by atoms with E-state index in [-0.39, 0.29) is 18.3 Å². The largest absolute Gasteiger partial charge is 0.389 e. The highest BCUT2D eigenvalue weighted by molar-refractivity contribution is 5.76. The molecule has 0 aliphatic heterocycles. The van der Waals surface area contributed by atoms with Crippen LogP contribution in [0.1, 0.15) is 27.2 Å². The standard InChI is InChI=1S/C12H21N5O3/c1-9(2)6-12(3,8-13)14-11(18)7-16-5-4-10(15-16)17(19)20/h4-5,9H,6-8,13H2,1-3H3,(H,14,18). The van der Waals surface area contributed by atoms with Crippen molar-refractivity contribution >= 4 is 11.7 Å². The molecule has 1 aromatic rings. The molecule has 0 radical (unpaired) electrons. The number of carbonyl (C=O) groups excluding carboxylic acids is 1. The molecule has 1 rings (SSSR count). The number of rotatable bonds is 7. The summed E-state index contributed by atoms with van der Waals surface area (Å²) in [6, 6.07) is 1.25. The summed E-state index contributed by atoms with van der Waals surface area (Å²) in [5.74, 6) is -0.146. The average Bonchev–Trinajstić information content (AvgIpc) is 2.76. The number of nitro groups is 1. The van der Waals surface area contributed by atoms with Crippen molar-refractivity contribution in [2.45, 2.75) is 39.3 Å². The molecule has 0 bridgehead atoms. The average molecular weight is 283 g/mol. The summed E-state index contributed by atoms with van der Waals surface area (Å²) in [6.07, 6.45) is 2.16. The number of hydrogen-bond donors (Lipinski definition) is 2. The maximum atomic E-state index is 12.0. The van der Waals surface area contributed by atoms with Crippen LogP contribution in [-0.2, 0) is 11.3 Å². The SMILES string of the molecule is CC(C)CC(C)(CN)NC(=O)Cn1ccc([N+](=O)[O-])n1. The predicted molar refractivity (Wildman–Crippen MR) is 73.9 cm³/mol. The minimum absolute atomic E-state index is 0.0679. The van der Waals surface area contributed by atoms with E-state index >= 15 is 0 Å². The first kappa shape index (κ1) is 16.1. The topological polar surface area (TPSA) is 116 Å². The van der Waals surface area contributed by atoms with Crippen molar-refractivity contribution in [1.29, 1.82) is 0 Å². The Hall–Kier alpha value is -1.96. The van der Waals surface area contributed by atoms with Gasteiger partial charge in [-0.2, -0.15) is 4.68 Å². The number of nitrogens with two attached hydrogens (primary N) is 1. The van der Waals surface area contributed by atoms with Crippen molar-refractivity contribution < 1.29 is 9.72 Å². The monoisotopic (exact) mass is 283 g/mol. The Morgan fingerprint density at radius 2 is 2.30 bits per heavy atom. The van der Waals surface area contributed by atoms with Crippen LogP contribution in [0.2, 0.25) is 0 Å². The summed E-state index contributed by atoms with van der Waals surface area (Å²) in [4.78, 5) is 21.9. The minimum atomic E-state index is -0.600. The summed E-state index contributed by atoms with van der Waals surface area (Å²) < 4.78 is 1.24. The Morgan fingerprint density at radius 3 is 2.75 bits per heavy atom. The molecule has 0 aliphatic carbocycles. The summed E-state index contributed by atoms with van der Waals surface area (Å²) in [5.41, 5.74) is 5.23. The molecular weight excluding hydrogens is 262 g/mol. The van der Waals surface area contributed by atoms with E-state index in [2.05, 4.69) is 24.3 Å². The number of nitrogens with one attached hydrogen (secondary N) is 1. The molecule has 0 aliphatic rings. The number of amides is 1. The second kappa shape index (κ2) is 6.47. The first-order valence-electron chi connectivity index (χ1n) is 6.44. The van der Waals surface area contributed by atoms with Gasteiger partial charge < -0.3 is 21.2 Å². The first-order valence-corrected chi connectivity index (χ1v) is 6.44. The maximum Gasteiger partial charge on any atom is 0.389 e. The van der Waals surface area contributed by atoms with Gasteiger partial charge in [0, 0.05) is 12.1 Å². The van der Waals surface area contributed by atoms with Gasteiger partial charge in [-0.05, 0) is 24.2 Å². The lowest BCUT2D eigenvalue weighted by Crippen LogP contribution is -2.53. The van der Waals surface area contributed by atoms with Crippen LogP contribution in [0.5, 0.6) is 0 Å². The van der Waals surface area contributed by atoms with Crippen molar-refractivity contribution in [1.82, 2.24) is 15.1 Å². The third-order valence-electron chi connectivity index (χ3n) is 2.87. The van der Waals surface area contributed by atoms with Crippen LogP contribution in [0, 0.1) is 16.0 Å². The Bertz CT molecular complexity index is 485. The van der Waals surface area contributed by atoms with Gasteiger partial charge in [-0.3, -0.25) is 4.79 Å². The molecule has 20 heavy (non-hydrogen) atoms. The zero-order valence-corrected chi connectivity index (χ0v) is 12.0. The van der Waals surface area contributed by atoms with Gasteiger partial charge in [0.05, 0.1) is 17.4 Å². The van der Waals surface area contributed by atoms with Gasteiger partial charge in [-0.25, -0.2) is 0 Å². The van der Waals surface area contributed by atoms with Crippen molar-refractivity contribution in [3.8, 4) is 0 Å². The fourth-order valence-electron chi connectivity index (χ4n) is 2.15. The summed E-state index contributed by atoms with van der Waals surface area (Å²) in [7, 11) is 0. The van der Waals surface area contributed by atoms with Gasteiger partial charge in [-0.15, -0.1) is 0 Å². The van der Waals surface area contributed by atoms with E-state index in [0.717, 1.165) is 6.42 Å². The lowest BCUT2D eigenvalue weighted by atomic mass is 9.91. The molecule has 8 nitrogen and oxygen atoms in total. The van der Waals surface area contributed by atoms with E-state index in [0.29, 0.717) is 12.5 Å². The molecule has 0 fully saturated rings. The van der Waals surface area contributed by atoms with Gasteiger partial charge in [-0.1, -0.05) is 13.8 Å². The predicted octanol–water partition coefficient (Wildman–Crippen LogP) is 0.671. The summed E-state index contributed by atoms with van der Waals surface area (Å²) >= 11 is 0. The van der Waals surface area contributed by atoms with Crippen LogP contribution < -0.4 is 11.1 Å². The van der Waals surface area contributed by atoms with E-state index < -0.39 is 10.5 Å². The summed E-state index contributed by atoms with van der Waals surface area (Å²) in [5, 5.41) is 17.1. The number of nitrogens with zero attached hydrogens (tertiary/aromatic N) is 3. The zero-order valence-electron chi connectivity index (χ0n) is 12.0. The molecule has 0 saturated carbocycles. The fraction of sp³-hybridized carbons (Fsp3) is 0.667. The van der Waals surface area contributed by atoms with E-state index in [1.54, 1.807) is 0 Å². The lowest BCUT2D eigenvalue weighted by Gasteiger charge is -2.31. The minimum Gasteiger partial charge on any atom is -0.358 e. The number of carbonyl (C=O) groups is 1. The molecule has 1 atom stereocenters. The maximum absolute atomic E-state index is 12.0. The van der Waals surface area contributed by atoms with E-state index in [1.165, 1.54) is 16.9 Å². The van der Waals surface area contributed by atoms with Crippen LogP contribution in [0.4, 0.5) is 5.82 Å². The van der Waals surface area contributed by atoms with Gasteiger partial charge in [0.25, 0.3) is 0 Å². The van der Waals surface area contributed by atoms with E-state index in [9.17, 15) is 14.9 Å². The van der Waals surface area contributed by atoms with Gasteiger partial charge >= 0.3 is 5.82 Å². The van der Waals surface area contributed by atoms with Gasteiger partial charge in [0.15, 0.2) is 0 Å². The molecule has 8 heteroatoms. The lowest BCUT2D eigenvalue weighted by molar-refractivity contribution is -0.389. The van der Waals surface area contributed by atoms with E-state index in [4.69, 9.17) is 5.73 Å². The second-order valence-corrected chi connectivity index (χ2v) is 5.54. The first-order chi connectivity index (χ1) is 9.25. The normalized spacial score (nSPS) is 14.1. The molecule has 1 heterocycles. The third kappa shape index (κ3) is 4.61. The number of aromatic nitrogens is 2. The van der Waals surface area contributed by atoms with Crippen LogP contribution in [0.15, 0.2) is 12.3 Å². The third-order valence-corrected chi connectivity index (χ3v) is 2.87. The molecule has 3 N–H and O–H groups in total. The molecule has 112 valence electrons. The van der Waals surface area contributed by atoms with Crippen LogP contribution in [-0.4, -0.2) is 32.7 Å². The summed E-state index contributed by atoms with van der Waals surface area (Å²) in [6.45, 7) is 6.25. The number of hydrogen-bond acceptors (Lipinski definition) is 5. The van der Waals surface area contributed by atoms with Crippen molar-refractivity contribution in [2.75, 3.05) is 6.54 Å². The Morgan fingerprint density at radius 1 is 1.65 bits per heavy atom. The molecule has 0 saturated heterocycles. The van der Waals surface area contributed by atoms with Crippen molar-refractivity contribution in [3.05, 3.63) is 22.4 Å². The van der Waals surface area contributed by atoms with Gasteiger partial charge in [0.2, 0.25) is 5.91 Å². The Labute approximate surface area is 117 Å². The smallest absolute Gasteiger partial charge is 0.358 e. The molecular formula is C12H21N5O3. The fourth-order valence-corrected chi connectivity index (χ4v) is 2.15. The van der Waals surface area contributed by atoms with Crippen LogP contribution >= 0.6 is 0 Å². The Balaban J connectivity index is 2.63. The highest BCUT2D eigenvalue weighted by Gasteiger charge is 2.26. The van der Waals surface area contributed by atoms with Crippen LogP contribution in [0.25, 0.3) is 0 Å². The highest BCUT2D eigenvalue weighted by Crippen LogP contribution is 2.15. The molecule has 1 aromatic heterocycles. The molecule has 0 spiro atoms. The zero-order chi connectivity index (χ0) is 15.3. The van der Waals surface area contributed by atoms with Crippen molar-refractivity contribution in [2.24, 2.45) is 11.7 Å².